The van der Waals surface area contributed by atoms with Crippen LogP contribution in [-0.4, -0.2) is 18.5 Å². The minimum absolute atomic E-state index is 0.0732. The summed E-state index contributed by atoms with van der Waals surface area (Å²) in [5, 5.41) is 2.41. The van der Waals surface area contributed by atoms with E-state index in [9.17, 15) is 14.0 Å². The van der Waals surface area contributed by atoms with Gasteiger partial charge in [0.15, 0.2) is 6.61 Å². The quantitative estimate of drug-likeness (QED) is 0.862. The van der Waals surface area contributed by atoms with Crippen molar-refractivity contribution in [2.24, 2.45) is 0 Å². The lowest BCUT2D eigenvalue weighted by atomic mass is 10.2. The van der Waals surface area contributed by atoms with E-state index in [1.807, 2.05) is 0 Å². The Morgan fingerprint density at radius 2 is 2.10 bits per heavy atom. The predicted octanol–water partition coefficient (Wildman–Crippen LogP) is 2.55. The van der Waals surface area contributed by atoms with Crippen LogP contribution in [0.5, 0.6) is 0 Å². The largest absolute Gasteiger partial charge is 0.467 e. The van der Waals surface area contributed by atoms with E-state index in [1.165, 1.54) is 18.4 Å². The molecule has 7 heteroatoms. The second kappa shape index (κ2) is 6.90. The molecule has 0 aliphatic carbocycles. The number of nitrogens with one attached hydrogen (secondary N) is 1. The van der Waals surface area contributed by atoms with Crippen LogP contribution >= 0.6 is 11.6 Å². The number of furan rings is 1. The van der Waals surface area contributed by atoms with Crippen molar-refractivity contribution in [3.63, 3.8) is 0 Å². The zero-order valence-electron chi connectivity index (χ0n) is 10.8. The van der Waals surface area contributed by atoms with Gasteiger partial charge in [-0.2, -0.15) is 0 Å². The van der Waals surface area contributed by atoms with Crippen LogP contribution in [0.25, 0.3) is 0 Å². The van der Waals surface area contributed by atoms with Crippen molar-refractivity contribution in [2.75, 3.05) is 6.61 Å². The van der Waals surface area contributed by atoms with E-state index in [-0.39, 0.29) is 11.6 Å². The monoisotopic (exact) mass is 311 g/mol. The lowest BCUT2D eigenvalue weighted by Gasteiger charge is -2.07. The van der Waals surface area contributed by atoms with Crippen LogP contribution in [0.1, 0.15) is 16.1 Å². The van der Waals surface area contributed by atoms with E-state index in [0.29, 0.717) is 5.76 Å². The van der Waals surface area contributed by atoms with Gasteiger partial charge in [-0.15, -0.1) is 0 Å². The Kier molecular flexibility index (Phi) is 4.94. The molecule has 1 aromatic carbocycles. The van der Waals surface area contributed by atoms with E-state index >= 15 is 0 Å². The fraction of sp³-hybridized carbons (Fsp3) is 0.143. The Balaban J connectivity index is 1.85. The first kappa shape index (κ1) is 15.1. The van der Waals surface area contributed by atoms with Crippen molar-refractivity contribution in [1.29, 1.82) is 0 Å². The topological polar surface area (TPSA) is 68.5 Å². The van der Waals surface area contributed by atoms with Crippen LogP contribution < -0.4 is 5.32 Å². The van der Waals surface area contributed by atoms with E-state index in [0.717, 1.165) is 6.07 Å². The molecule has 0 aliphatic rings. The molecule has 0 spiro atoms. The highest BCUT2D eigenvalue weighted by atomic mass is 35.5. The summed E-state index contributed by atoms with van der Waals surface area (Å²) >= 11 is 5.71. The highest BCUT2D eigenvalue weighted by molar-refractivity contribution is 6.33. The molecule has 0 unspecified atom stereocenters. The summed E-state index contributed by atoms with van der Waals surface area (Å²) < 4.78 is 23.2. The van der Waals surface area contributed by atoms with E-state index < -0.39 is 29.9 Å². The fourth-order valence-corrected chi connectivity index (χ4v) is 1.79. The first-order valence-electron chi connectivity index (χ1n) is 5.98. The zero-order valence-corrected chi connectivity index (χ0v) is 11.5. The van der Waals surface area contributed by atoms with Crippen molar-refractivity contribution >= 4 is 23.5 Å². The molecule has 0 bridgehead atoms. The van der Waals surface area contributed by atoms with E-state index in [2.05, 4.69) is 5.32 Å². The normalized spacial score (nSPS) is 10.2. The van der Waals surface area contributed by atoms with E-state index in [1.54, 1.807) is 12.1 Å². The summed E-state index contributed by atoms with van der Waals surface area (Å²) in [6.07, 6.45) is 1.47. The average Bonchev–Trinajstić information content (AvgIpc) is 2.96. The predicted molar refractivity (Wildman–Crippen MR) is 72.2 cm³/mol. The third-order valence-electron chi connectivity index (χ3n) is 2.54. The number of rotatable bonds is 5. The van der Waals surface area contributed by atoms with Crippen LogP contribution in [0.3, 0.4) is 0 Å². The molecule has 1 aromatic heterocycles. The highest BCUT2D eigenvalue weighted by Crippen LogP contribution is 2.19. The minimum atomic E-state index is -0.994. The van der Waals surface area contributed by atoms with Crippen molar-refractivity contribution in [1.82, 2.24) is 5.32 Å². The van der Waals surface area contributed by atoms with Gasteiger partial charge in [-0.3, -0.25) is 4.79 Å². The first-order valence-corrected chi connectivity index (χ1v) is 6.36. The molecule has 1 heterocycles. The third kappa shape index (κ3) is 4.06. The molecule has 0 aliphatic heterocycles. The minimum Gasteiger partial charge on any atom is -0.467 e. The second-order valence-corrected chi connectivity index (χ2v) is 4.44. The maximum atomic E-state index is 13.5. The van der Waals surface area contributed by atoms with Crippen molar-refractivity contribution in [3.05, 3.63) is 58.8 Å². The summed E-state index contributed by atoms with van der Waals surface area (Å²) in [7, 11) is 0. The Morgan fingerprint density at radius 1 is 1.29 bits per heavy atom. The molecule has 2 rings (SSSR count). The molecule has 0 radical (unpaired) electrons. The van der Waals surface area contributed by atoms with Gasteiger partial charge in [0.2, 0.25) is 0 Å². The molecule has 110 valence electrons. The number of carbonyl (C=O) groups is 2. The molecule has 5 nitrogen and oxygen atoms in total. The number of hydrogen-bond donors (Lipinski definition) is 1. The van der Waals surface area contributed by atoms with Crippen molar-refractivity contribution in [2.45, 2.75) is 6.54 Å². The lowest BCUT2D eigenvalue weighted by molar-refractivity contribution is -0.124. The molecule has 0 saturated carbocycles. The van der Waals surface area contributed by atoms with Crippen LogP contribution in [-0.2, 0) is 16.1 Å². The number of carbonyl (C=O) groups excluding carboxylic acids is 2. The SMILES string of the molecule is O=C(COC(=O)c1c(F)cccc1Cl)NCc1ccco1. The maximum absolute atomic E-state index is 13.5. The van der Waals surface area contributed by atoms with Crippen LogP contribution in [0, 0.1) is 5.82 Å². The average molecular weight is 312 g/mol. The van der Waals surface area contributed by atoms with Gasteiger partial charge in [0.1, 0.15) is 17.1 Å². The smallest absolute Gasteiger partial charge is 0.343 e. The molecular weight excluding hydrogens is 301 g/mol. The fourth-order valence-electron chi connectivity index (χ4n) is 1.55. The number of ether oxygens (including phenoxy) is 1. The van der Waals surface area contributed by atoms with Crippen molar-refractivity contribution < 1.29 is 23.1 Å². The Labute approximate surface area is 124 Å². The molecule has 1 N–H and O–H groups in total. The molecule has 0 fully saturated rings. The van der Waals surface area contributed by atoms with Crippen molar-refractivity contribution in [3.8, 4) is 0 Å². The summed E-state index contributed by atoms with van der Waals surface area (Å²) in [4.78, 5) is 23.2. The Hall–Kier alpha value is -2.34. The highest BCUT2D eigenvalue weighted by Gasteiger charge is 2.18. The Morgan fingerprint density at radius 3 is 2.76 bits per heavy atom. The lowest BCUT2D eigenvalue weighted by Crippen LogP contribution is -2.28. The van der Waals surface area contributed by atoms with E-state index in [4.69, 9.17) is 20.8 Å². The molecule has 0 atom stereocenters. The second-order valence-electron chi connectivity index (χ2n) is 4.03. The van der Waals surface area contributed by atoms with Gasteiger partial charge in [0.05, 0.1) is 17.8 Å². The summed E-state index contributed by atoms with van der Waals surface area (Å²) in [5.74, 6) is -1.77. The van der Waals surface area contributed by atoms with Crippen LogP contribution in [0.15, 0.2) is 41.0 Å². The van der Waals surface area contributed by atoms with Gasteiger partial charge in [-0.25, -0.2) is 9.18 Å². The number of benzene rings is 1. The van der Waals surface area contributed by atoms with Gasteiger partial charge in [-0.1, -0.05) is 17.7 Å². The van der Waals surface area contributed by atoms with Gasteiger partial charge in [0, 0.05) is 0 Å². The van der Waals surface area contributed by atoms with Crippen LogP contribution in [0.4, 0.5) is 4.39 Å². The van der Waals surface area contributed by atoms with Crippen LogP contribution in [0.2, 0.25) is 5.02 Å². The number of hydrogen-bond acceptors (Lipinski definition) is 4. The summed E-state index contributed by atoms with van der Waals surface area (Å²) in [6.45, 7) is -0.367. The van der Waals surface area contributed by atoms with Gasteiger partial charge in [-0.05, 0) is 24.3 Å². The standard InChI is InChI=1S/C14H11ClFNO4/c15-10-4-1-5-11(16)13(10)14(19)21-8-12(18)17-7-9-3-2-6-20-9/h1-6H,7-8H2,(H,17,18). The first-order chi connectivity index (χ1) is 10.1. The Bertz CT molecular complexity index is 622. The molecule has 1 amide bonds. The number of esters is 1. The number of amides is 1. The number of halogens is 2. The van der Waals surface area contributed by atoms with Gasteiger partial charge < -0.3 is 14.5 Å². The molecule has 2 aromatic rings. The molecule has 21 heavy (non-hydrogen) atoms. The maximum Gasteiger partial charge on any atom is 0.343 e. The van der Waals surface area contributed by atoms with Gasteiger partial charge in [0.25, 0.3) is 5.91 Å². The molecule has 0 saturated heterocycles. The van der Waals surface area contributed by atoms with Gasteiger partial charge >= 0.3 is 5.97 Å². The zero-order chi connectivity index (χ0) is 15.2. The summed E-state index contributed by atoms with van der Waals surface area (Å²) in [5.41, 5.74) is -0.391. The summed E-state index contributed by atoms with van der Waals surface area (Å²) in [6, 6.07) is 7.18. The molecular formula is C14H11ClFNO4. The third-order valence-corrected chi connectivity index (χ3v) is 2.86.